The van der Waals surface area contributed by atoms with E-state index >= 15 is 0 Å². The van der Waals surface area contributed by atoms with Crippen molar-refractivity contribution in [1.82, 2.24) is 5.32 Å². The molecule has 1 saturated heterocycles. The summed E-state index contributed by atoms with van der Waals surface area (Å²) < 4.78 is 10.5. The highest BCUT2D eigenvalue weighted by Crippen LogP contribution is 2.20. The van der Waals surface area contributed by atoms with Crippen LogP contribution in [0.2, 0.25) is 0 Å². The van der Waals surface area contributed by atoms with Crippen LogP contribution in [0.4, 0.5) is 0 Å². The van der Waals surface area contributed by atoms with Gasteiger partial charge in [0.05, 0.1) is 31.8 Å². The minimum atomic E-state index is -0.917. The molecule has 0 aromatic carbocycles. The molecular weight excluding hydrogens is 238 g/mol. The van der Waals surface area contributed by atoms with Crippen molar-refractivity contribution in [2.75, 3.05) is 19.8 Å². The Kier molecular flexibility index (Phi) is 5.55. The Bertz CT molecular complexity index is 295. The summed E-state index contributed by atoms with van der Waals surface area (Å²) in [5.74, 6) is -1.21. The zero-order valence-corrected chi connectivity index (χ0v) is 10.9. The predicted octanol–water partition coefficient (Wildman–Crippen LogP) is 0.552. The van der Waals surface area contributed by atoms with Crippen molar-refractivity contribution in [1.29, 1.82) is 0 Å². The molecule has 1 atom stereocenters. The number of aliphatic carboxylic acids is 1. The fourth-order valence-electron chi connectivity index (χ4n) is 1.99. The maximum Gasteiger partial charge on any atom is 0.305 e. The predicted molar refractivity (Wildman–Crippen MR) is 64.3 cm³/mol. The molecule has 1 amide bonds. The number of nitrogens with one attached hydrogen (secondary N) is 1. The van der Waals surface area contributed by atoms with Crippen LogP contribution in [-0.4, -0.2) is 48.4 Å². The topological polar surface area (TPSA) is 84.9 Å². The highest BCUT2D eigenvalue weighted by atomic mass is 16.6. The van der Waals surface area contributed by atoms with Gasteiger partial charge >= 0.3 is 5.97 Å². The van der Waals surface area contributed by atoms with Gasteiger partial charge in [-0.15, -0.1) is 0 Å². The lowest BCUT2D eigenvalue weighted by atomic mass is 9.88. The van der Waals surface area contributed by atoms with Crippen molar-refractivity contribution in [3.8, 4) is 0 Å². The lowest BCUT2D eigenvalue weighted by molar-refractivity contribution is -0.150. The minimum absolute atomic E-state index is 0.0840. The molecule has 0 spiro atoms. The fourth-order valence-corrected chi connectivity index (χ4v) is 1.99. The van der Waals surface area contributed by atoms with Gasteiger partial charge in [-0.05, 0) is 12.8 Å². The molecule has 1 rings (SSSR count). The number of hydrogen-bond donors (Lipinski definition) is 2. The van der Waals surface area contributed by atoms with Gasteiger partial charge in [-0.25, -0.2) is 0 Å². The van der Waals surface area contributed by atoms with Gasteiger partial charge in [-0.2, -0.15) is 0 Å². The molecule has 1 unspecified atom stereocenters. The summed E-state index contributed by atoms with van der Waals surface area (Å²) in [4.78, 5) is 22.9. The molecule has 1 heterocycles. The fraction of sp³-hybridized carbons (Fsp3) is 0.833. The first-order valence-corrected chi connectivity index (χ1v) is 6.26. The van der Waals surface area contributed by atoms with Crippen molar-refractivity contribution in [2.24, 2.45) is 0 Å². The van der Waals surface area contributed by atoms with Crippen LogP contribution in [0.5, 0.6) is 0 Å². The van der Waals surface area contributed by atoms with Gasteiger partial charge in [-0.3, -0.25) is 9.59 Å². The molecule has 0 aromatic rings. The Morgan fingerprint density at radius 1 is 1.33 bits per heavy atom. The molecule has 6 heteroatoms. The average molecular weight is 259 g/mol. The van der Waals surface area contributed by atoms with Gasteiger partial charge in [0.15, 0.2) is 6.10 Å². The molecule has 6 nitrogen and oxygen atoms in total. The second-order valence-electron chi connectivity index (χ2n) is 4.48. The largest absolute Gasteiger partial charge is 0.481 e. The van der Waals surface area contributed by atoms with Gasteiger partial charge in [0.25, 0.3) is 5.91 Å². The molecule has 1 aliphatic heterocycles. The number of carbonyl (C=O) groups excluding carboxylic acids is 1. The van der Waals surface area contributed by atoms with E-state index in [0.717, 1.165) is 0 Å². The lowest BCUT2D eigenvalue weighted by Gasteiger charge is -2.33. The molecule has 104 valence electrons. The third-order valence-corrected chi connectivity index (χ3v) is 3.34. The average Bonchev–Trinajstić information content (AvgIpc) is 2.38. The summed E-state index contributed by atoms with van der Waals surface area (Å²) in [6.07, 6.45) is 0.411. The molecule has 18 heavy (non-hydrogen) atoms. The van der Waals surface area contributed by atoms with Gasteiger partial charge in [0, 0.05) is 0 Å². The summed E-state index contributed by atoms with van der Waals surface area (Å²) >= 11 is 0. The van der Waals surface area contributed by atoms with Crippen molar-refractivity contribution >= 4 is 11.9 Å². The maximum absolute atomic E-state index is 12.0. The zero-order chi connectivity index (χ0) is 13.6. The molecule has 0 bridgehead atoms. The number of carbonyl (C=O) groups is 2. The van der Waals surface area contributed by atoms with Crippen LogP contribution in [0.3, 0.4) is 0 Å². The molecule has 0 aliphatic carbocycles. The first kappa shape index (κ1) is 14.9. The van der Waals surface area contributed by atoms with Crippen LogP contribution in [0, 0.1) is 0 Å². The van der Waals surface area contributed by atoms with E-state index in [0.29, 0.717) is 26.1 Å². The van der Waals surface area contributed by atoms with E-state index in [-0.39, 0.29) is 18.9 Å². The minimum Gasteiger partial charge on any atom is -0.481 e. The van der Waals surface area contributed by atoms with Gasteiger partial charge in [0.1, 0.15) is 0 Å². The second-order valence-corrected chi connectivity index (χ2v) is 4.48. The Balaban J connectivity index is 2.64. The van der Waals surface area contributed by atoms with Crippen molar-refractivity contribution < 1.29 is 24.2 Å². The van der Waals surface area contributed by atoms with E-state index < -0.39 is 17.6 Å². The van der Waals surface area contributed by atoms with Crippen LogP contribution < -0.4 is 5.32 Å². The molecule has 2 N–H and O–H groups in total. The van der Waals surface area contributed by atoms with Gasteiger partial charge in [0.2, 0.25) is 0 Å². The Morgan fingerprint density at radius 3 is 2.44 bits per heavy atom. The molecule has 0 radical (unpaired) electrons. The maximum atomic E-state index is 12.0. The Morgan fingerprint density at radius 2 is 2.00 bits per heavy atom. The molecule has 1 fully saturated rings. The van der Waals surface area contributed by atoms with Crippen LogP contribution in [0.1, 0.15) is 33.1 Å². The third kappa shape index (κ3) is 3.96. The third-order valence-electron chi connectivity index (χ3n) is 3.34. The number of amides is 1. The van der Waals surface area contributed by atoms with Crippen LogP contribution in [0.25, 0.3) is 0 Å². The summed E-state index contributed by atoms with van der Waals surface area (Å²) in [6.45, 7) is 4.84. The van der Waals surface area contributed by atoms with Gasteiger partial charge < -0.3 is 19.9 Å². The normalized spacial score (nSPS) is 20.4. The van der Waals surface area contributed by atoms with Gasteiger partial charge in [-0.1, -0.05) is 13.8 Å². The van der Waals surface area contributed by atoms with E-state index in [9.17, 15) is 9.59 Å². The number of hydrogen-bond acceptors (Lipinski definition) is 4. The quantitative estimate of drug-likeness (QED) is 0.727. The number of rotatable bonds is 6. The zero-order valence-electron chi connectivity index (χ0n) is 10.9. The second kappa shape index (κ2) is 6.70. The highest BCUT2D eigenvalue weighted by Gasteiger charge is 2.34. The monoisotopic (exact) mass is 259 g/mol. The van der Waals surface area contributed by atoms with E-state index in [1.807, 2.05) is 13.8 Å². The van der Waals surface area contributed by atoms with Crippen molar-refractivity contribution in [3.63, 3.8) is 0 Å². The van der Waals surface area contributed by atoms with Crippen molar-refractivity contribution in [2.45, 2.75) is 44.8 Å². The molecular formula is C12H21NO5. The van der Waals surface area contributed by atoms with E-state index in [4.69, 9.17) is 14.6 Å². The lowest BCUT2D eigenvalue weighted by Crippen LogP contribution is -2.54. The first-order chi connectivity index (χ1) is 8.53. The molecule has 0 aromatic heterocycles. The van der Waals surface area contributed by atoms with Crippen LogP contribution in [-0.2, 0) is 19.1 Å². The van der Waals surface area contributed by atoms with E-state index in [1.54, 1.807) is 0 Å². The first-order valence-electron chi connectivity index (χ1n) is 6.26. The summed E-state index contributed by atoms with van der Waals surface area (Å²) in [6, 6.07) is 0. The summed E-state index contributed by atoms with van der Waals surface area (Å²) in [5.41, 5.74) is -0.705. The van der Waals surface area contributed by atoms with Crippen LogP contribution >= 0.6 is 0 Å². The Labute approximate surface area is 107 Å². The van der Waals surface area contributed by atoms with E-state index in [2.05, 4.69) is 5.32 Å². The Hall–Kier alpha value is -1.14. The highest BCUT2D eigenvalue weighted by molar-refractivity contribution is 5.82. The SMILES string of the molecule is CCC(CC)(CC(=O)O)NC(=O)C1COCCO1. The number of carboxylic acid groups (broad SMARTS) is 1. The number of ether oxygens (including phenoxy) is 2. The van der Waals surface area contributed by atoms with Crippen molar-refractivity contribution in [3.05, 3.63) is 0 Å². The summed E-state index contributed by atoms with van der Waals surface area (Å²) in [7, 11) is 0. The smallest absolute Gasteiger partial charge is 0.305 e. The van der Waals surface area contributed by atoms with E-state index in [1.165, 1.54) is 0 Å². The van der Waals surface area contributed by atoms with Crippen LogP contribution in [0.15, 0.2) is 0 Å². The molecule has 0 saturated carbocycles. The standard InChI is InChI=1S/C12H21NO5/c1-3-12(4-2,7-10(14)15)13-11(16)9-8-17-5-6-18-9/h9H,3-8H2,1-2H3,(H,13,16)(H,14,15). The number of carboxylic acids is 1. The summed E-state index contributed by atoms with van der Waals surface area (Å²) in [5, 5.41) is 11.7. The molecule has 1 aliphatic rings.